The zero-order valence-electron chi connectivity index (χ0n) is 10.1. The zero-order chi connectivity index (χ0) is 14.2. The van der Waals surface area contributed by atoms with E-state index < -0.39 is 10.0 Å². The number of nitrogens with one attached hydrogen (secondary N) is 1. The number of nitrogens with two attached hydrogens (primary N) is 1. The maximum atomic E-state index is 11.1. The van der Waals surface area contributed by atoms with Crippen LogP contribution in [0.2, 0.25) is 0 Å². The molecule has 0 saturated heterocycles. The van der Waals surface area contributed by atoms with Crippen molar-refractivity contribution in [2.24, 2.45) is 5.14 Å². The van der Waals surface area contributed by atoms with Crippen LogP contribution in [-0.2, 0) is 16.6 Å². The summed E-state index contributed by atoms with van der Waals surface area (Å²) in [4.78, 5) is 0. The zero-order valence-corrected chi connectivity index (χ0v) is 12.6. The van der Waals surface area contributed by atoms with E-state index in [9.17, 15) is 8.42 Å². The Hall–Kier alpha value is -1.67. The summed E-state index contributed by atoms with van der Waals surface area (Å²) in [6.45, 7) is 0.342. The van der Waals surface area contributed by atoms with Crippen LogP contribution in [0.25, 0.3) is 11.0 Å². The molecule has 3 N–H and O–H groups in total. The van der Waals surface area contributed by atoms with E-state index in [4.69, 9.17) is 9.56 Å². The summed E-state index contributed by atoms with van der Waals surface area (Å²) in [6, 6.07) is 8.60. The van der Waals surface area contributed by atoms with Crippen LogP contribution in [-0.4, -0.2) is 31.3 Å². The number of hydrogen-bond donors (Lipinski definition) is 2. The number of rotatable bonds is 4. The molecule has 0 fully saturated rings. The molecule has 0 radical (unpaired) electrons. The van der Waals surface area contributed by atoms with E-state index in [1.807, 2.05) is 18.2 Å². The van der Waals surface area contributed by atoms with Crippen molar-refractivity contribution in [2.45, 2.75) is 11.6 Å². The molecule has 0 spiro atoms. The first-order valence-corrected chi connectivity index (χ1v) is 8.68. The number of benzene rings is 1. The van der Waals surface area contributed by atoms with Gasteiger partial charge >= 0.3 is 121 Å². The van der Waals surface area contributed by atoms with Gasteiger partial charge < -0.3 is 0 Å². The van der Waals surface area contributed by atoms with Crippen LogP contribution >= 0.6 is 0 Å². The minimum absolute atomic E-state index is 0.0917. The molecule has 0 atom stereocenters. The number of anilines is 1. The van der Waals surface area contributed by atoms with Crippen molar-refractivity contribution in [3.8, 4) is 0 Å². The van der Waals surface area contributed by atoms with E-state index in [0.29, 0.717) is 12.3 Å². The quantitative estimate of drug-likeness (QED) is 0.660. The van der Waals surface area contributed by atoms with Gasteiger partial charge in [0.1, 0.15) is 0 Å². The third-order valence-electron chi connectivity index (χ3n) is 2.66. The Morgan fingerprint density at radius 2 is 2.10 bits per heavy atom. The molecule has 2 aromatic heterocycles. The molecule has 9 heteroatoms. The van der Waals surface area contributed by atoms with Crippen molar-refractivity contribution in [1.29, 1.82) is 0 Å². The topological polar surface area (TPSA) is 111 Å². The van der Waals surface area contributed by atoms with Crippen molar-refractivity contribution in [1.82, 2.24) is 7.96 Å². The van der Waals surface area contributed by atoms with Crippen molar-refractivity contribution in [2.75, 3.05) is 5.32 Å². The Morgan fingerprint density at radius 3 is 2.85 bits per heavy atom. The number of nitrogens with zero attached hydrogens (tertiary/aromatic N) is 2. The fourth-order valence-electron chi connectivity index (χ4n) is 1.74. The first-order chi connectivity index (χ1) is 9.54. The summed E-state index contributed by atoms with van der Waals surface area (Å²) in [7, 11) is -3.80. The molecule has 20 heavy (non-hydrogen) atoms. The van der Waals surface area contributed by atoms with Crippen molar-refractivity contribution >= 4 is 41.7 Å². The van der Waals surface area contributed by atoms with Gasteiger partial charge in [0, 0.05) is 0 Å². The van der Waals surface area contributed by atoms with E-state index >= 15 is 0 Å². The van der Waals surface area contributed by atoms with E-state index in [1.54, 1.807) is 6.07 Å². The number of furan rings is 1. The normalized spacial score (nSPS) is 11.8. The SMILES string of the molecule is NS(=O)(=O)c1ccc(CNc2cccc3n[se]nc23)o1. The first-order valence-electron chi connectivity index (χ1n) is 5.61. The Bertz CT molecular complexity index is 855. The second kappa shape index (κ2) is 5.02. The fraction of sp³-hybridized carbons (Fsp3) is 0.0909. The number of sulfonamides is 1. The molecular weight excluding hydrogens is 347 g/mol. The summed E-state index contributed by atoms with van der Waals surface area (Å²) in [5.41, 5.74) is 2.56. The van der Waals surface area contributed by atoms with Crippen LogP contribution in [0.4, 0.5) is 5.69 Å². The van der Waals surface area contributed by atoms with Gasteiger partial charge in [-0.05, 0) is 0 Å². The van der Waals surface area contributed by atoms with E-state index in [2.05, 4.69) is 13.3 Å². The molecular formula is C11H10N4O3SSe. The van der Waals surface area contributed by atoms with Gasteiger partial charge in [0.2, 0.25) is 0 Å². The second-order valence-electron chi connectivity index (χ2n) is 4.06. The molecule has 0 saturated carbocycles. The average molecular weight is 357 g/mol. The van der Waals surface area contributed by atoms with Gasteiger partial charge in [-0.15, -0.1) is 0 Å². The molecule has 3 rings (SSSR count). The fourth-order valence-corrected chi connectivity index (χ4v) is 3.37. The van der Waals surface area contributed by atoms with Crippen LogP contribution in [0.5, 0.6) is 0 Å². The molecule has 0 bridgehead atoms. The number of aromatic nitrogens is 2. The molecule has 7 nitrogen and oxygen atoms in total. The van der Waals surface area contributed by atoms with E-state index in [-0.39, 0.29) is 20.1 Å². The predicted octanol–water partition coefficient (Wildman–Crippen LogP) is 0.539. The van der Waals surface area contributed by atoms with E-state index in [1.165, 1.54) is 6.07 Å². The predicted molar refractivity (Wildman–Crippen MR) is 73.9 cm³/mol. The standard InChI is InChI=1S/C11H10N4O3SSe/c12-19(16,17)10-5-4-7(18-10)6-13-8-2-1-3-9-11(8)15-20-14-9/h1-5,13H,6H2,(H2,12,16,17). The average Bonchev–Trinajstić information content (AvgIpc) is 3.04. The van der Waals surface area contributed by atoms with Gasteiger partial charge in [0.05, 0.1) is 0 Å². The monoisotopic (exact) mass is 358 g/mol. The second-order valence-corrected chi connectivity index (χ2v) is 6.66. The molecule has 0 aliphatic rings. The summed E-state index contributed by atoms with van der Waals surface area (Å²) < 4.78 is 36.0. The minimum atomic E-state index is -3.80. The molecule has 1 aromatic carbocycles. The van der Waals surface area contributed by atoms with Crippen molar-refractivity contribution < 1.29 is 12.8 Å². The summed E-state index contributed by atoms with van der Waals surface area (Å²) in [6.07, 6.45) is 0. The van der Waals surface area contributed by atoms with Crippen molar-refractivity contribution in [3.05, 3.63) is 36.1 Å². The number of hydrogen-bond acceptors (Lipinski definition) is 6. The first kappa shape index (κ1) is 13.3. The maximum absolute atomic E-state index is 11.1. The Kier molecular flexibility index (Phi) is 3.35. The van der Waals surface area contributed by atoms with Crippen LogP contribution < -0.4 is 10.5 Å². The van der Waals surface area contributed by atoms with Crippen molar-refractivity contribution in [3.63, 3.8) is 0 Å². The van der Waals surface area contributed by atoms with Gasteiger partial charge in [0.25, 0.3) is 0 Å². The summed E-state index contributed by atoms with van der Waals surface area (Å²) >= 11 is -0.0917. The van der Waals surface area contributed by atoms with Crippen LogP contribution in [0.1, 0.15) is 5.76 Å². The van der Waals surface area contributed by atoms with Gasteiger partial charge in [-0.1, -0.05) is 0 Å². The number of fused-ring (bicyclic) bond motifs is 1. The molecule has 0 aliphatic carbocycles. The van der Waals surface area contributed by atoms with Gasteiger partial charge in [-0.3, -0.25) is 0 Å². The number of primary sulfonamides is 1. The third kappa shape index (κ3) is 2.61. The van der Waals surface area contributed by atoms with Crippen LogP contribution in [0.15, 0.2) is 39.8 Å². The third-order valence-corrected chi connectivity index (χ3v) is 4.58. The molecule has 3 aromatic rings. The Balaban J connectivity index is 1.80. The van der Waals surface area contributed by atoms with Gasteiger partial charge in [-0.2, -0.15) is 0 Å². The van der Waals surface area contributed by atoms with Crippen LogP contribution in [0.3, 0.4) is 0 Å². The molecule has 0 unspecified atom stereocenters. The Labute approximate surface area is 121 Å². The molecule has 0 aliphatic heterocycles. The molecule has 104 valence electrons. The summed E-state index contributed by atoms with van der Waals surface area (Å²) in [5, 5.41) is 7.90. The van der Waals surface area contributed by atoms with Gasteiger partial charge in [0.15, 0.2) is 0 Å². The molecule has 2 heterocycles. The summed E-state index contributed by atoms with van der Waals surface area (Å²) in [5.74, 6) is 0.479. The van der Waals surface area contributed by atoms with Gasteiger partial charge in [-0.25, -0.2) is 0 Å². The van der Waals surface area contributed by atoms with Crippen LogP contribution in [0, 0.1) is 0 Å². The Morgan fingerprint density at radius 1 is 1.25 bits per heavy atom. The molecule has 0 amide bonds. The van der Waals surface area contributed by atoms with E-state index in [0.717, 1.165) is 16.7 Å².